The molecule has 0 aromatic heterocycles. The first-order valence-corrected chi connectivity index (χ1v) is 6.25. The van der Waals surface area contributed by atoms with Crippen LogP contribution >= 0.6 is 0 Å². The van der Waals surface area contributed by atoms with Crippen LogP contribution in [0.4, 0.5) is 5.69 Å². The van der Waals surface area contributed by atoms with Crippen LogP contribution in [0.1, 0.15) is 0 Å². The Labute approximate surface area is 113 Å². The van der Waals surface area contributed by atoms with Crippen molar-refractivity contribution in [1.29, 1.82) is 0 Å². The number of benzene rings is 1. The van der Waals surface area contributed by atoms with E-state index in [0.29, 0.717) is 13.1 Å². The van der Waals surface area contributed by atoms with Crippen LogP contribution in [0.5, 0.6) is 5.75 Å². The fraction of sp³-hybridized carbons (Fsp3) is 0.429. The summed E-state index contributed by atoms with van der Waals surface area (Å²) < 4.78 is 5.35. The summed E-state index contributed by atoms with van der Waals surface area (Å²) in [6, 6.07) is 7.88. The molecule has 0 aliphatic carbocycles. The minimum Gasteiger partial charge on any atom is -0.495 e. The smallest absolute Gasteiger partial charge is 0.302 e. The van der Waals surface area contributed by atoms with Crippen LogP contribution in [0.2, 0.25) is 0 Å². The summed E-state index contributed by atoms with van der Waals surface area (Å²) in [4.78, 5) is 18.7. The van der Waals surface area contributed by atoms with E-state index >= 15 is 0 Å². The first kappa shape index (κ1) is 13.2. The van der Waals surface area contributed by atoms with Gasteiger partial charge in [0.05, 0.1) is 12.8 Å². The van der Waals surface area contributed by atoms with E-state index in [0.717, 1.165) is 24.5 Å². The summed E-state index contributed by atoms with van der Waals surface area (Å²) in [5.74, 6) is 0.776. The molecule has 1 aromatic carbocycles. The third kappa shape index (κ3) is 2.97. The van der Waals surface area contributed by atoms with Gasteiger partial charge in [-0.1, -0.05) is 12.1 Å². The lowest BCUT2D eigenvalue weighted by atomic mass is 10.2. The number of carbonyl (C=O) groups excluding carboxylic acids is 1. The van der Waals surface area contributed by atoms with E-state index in [2.05, 4.69) is 9.74 Å². The van der Waals surface area contributed by atoms with Crippen molar-refractivity contribution in [2.24, 2.45) is 0 Å². The summed E-state index contributed by atoms with van der Waals surface area (Å²) >= 11 is 0. The quantitative estimate of drug-likeness (QED) is 0.767. The highest BCUT2D eigenvalue weighted by molar-refractivity contribution is 5.80. The zero-order valence-corrected chi connectivity index (χ0v) is 11.0. The number of hydrogen-bond acceptors (Lipinski definition) is 3. The van der Waals surface area contributed by atoms with Gasteiger partial charge in [-0.2, -0.15) is 0 Å². The number of hydrogen-bond donors (Lipinski definition) is 0. The minimum absolute atomic E-state index is 0.0470. The van der Waals surface area contributed by atoms with Gasteiger partial charge in [-0.25, -0.2) is 6.57 Å². The maximum atomic E-state index is 11.6. The Kier molecular flexibility index (Phi) is 4.24. The van der Waals surface area contributed by atoms with Crippen LogP contribution in [0.3, 0.4) is 0 Å². The topological polar surface area (TPSA) is 37.1 Å². The molecule has 1 saturated heterocycles. The van der Waals surface area contributed by atoms with Crippen molar-refractivity contribution in [2.75, 3.05) is 44.7 Å². The molecule has 1 fully saturated rings. The molecule has 5 heteroatoms. The van der Waals surface area contributed by atoms with Crippen molar-refractivity contribution in [1.82, 2.24) is 4.90 Å². The molecule has 1 aliphatic heterocycles. The van der Waals surface area contributed by atoms with E-state index in [1.807, 2.05) is 24.3 Å². The molecule has 1 amide bonds. The second-order valence-electron chi connectivity index (χ2n) is 4.36. The minimum atomic E-state index is -0.0744. The van der Waals surface area contributed by atoms with Crippen LogP contribution in [0.15, 0.2) is 24.3 Å². The van der Waals surface area contributed by atoms with Crippen LogP contribution in [0.25, 0.3) is 4.85 Å². The molecule has 0 spiro atoms. The summed E-state index contributed by atoms with van der Waals surface area (Å²) in [7, 11) is 1.66. The molecular weight excluding hydrogens is 242 g/mol. The van der Waals surface area contributed by atoms with Gasteiger partial charge in [0.1, 0.15) is 5.75 Å². The van der Waals surface area contributed by atoms with Gasteiger partial charge in [0.2, 0.25) is 0 Å². The van der Waals surface area contributed by atoms with Gasteiger partial charge in [0, 0.05) is 26.2 Å². The number of ether oxygens (including phenoxy) is 1. The van der Waals surface area contributed by atoms with E-state index in [-0.39, 0.29) is 12.5 Å². The lowest BCUT2D eigenvalue weighted by Gasteiger charge is -2.35. The molecule has 1 aromatic rings. The molecule has 100 valence electrons. The first-order chi connectivity index (χ1) is 9.26. The maximum absolute atomic E-state index is 11.6. The van der Waals surface area contributed by atoms with E-state index in [4.69, 9.17) is 11.3 Å². The number of carbonyl (C=O) groups is 1. The number of piperazine rings is 1. The monoisotopic (exact) mass is 259 g/mol. The van der Waals surface area contributed by atoms with E-state index in [9.17, 15) is 4.79 Å². The van der Waals surface area contributed by atoms with E-state index in [1.54, 1.807) is 12.0 Å². The Hall–Kier alpha value is -2.22. The highest BCUT2D eigenvalue weighted by Crippen LogP contribution is 2.28. The summed E-state index contributed by atoms with van der Waals surface area (Å²) in [6.07, 6.45) is 0. The van der Waals surface area contributed by atoms with Crippen LogP contribution in [-0.4, -0.2) is 50.6 Å². The SMILES string of the molecule is [C-]#[N+]CC(=O)N1CCN(c2ccccc2OC)CC1. The number of amides is 1. The molecule has 2 rings (SSSR count). The molecule has 0 saturated carbocycles. The molecular formula is C14H17N3O2. The molecule has 0 unspecified atom stereocenters. The lowest BCUT2D eigenvalue weighted by Crippen LogP contribution is -2.49. The number of nitrogens with zero attached hydrogens (tertiary/aromatic N) is 3. The molecule has 1 aliphatic rings. The zero-order chi connectivity index (χ0) is 13.7. The van der Waals surface area contributed by atoms with Gasteiger partial charge in [-0.15, -0.1) is 0 Å². The fourth-order valence-electron chi connectivity index (χ4n) is 2.26. The highest BCUT2D eigenvalue weighted by Gasteiger charge is 2.23. The van der Waals surface area contributed by atoms with Crippen LogP contribution in [-0.2, 0) is 4.79 Å². The van der Waals surface area contributed by atoms with Crippen molar-refractivity contribution in [2.45, 2.75) is 0 Å². The zero-order valence-electron chi connectivity index (χ0n) is 11.0. The van der Waals surface area contributed by atoms with Gasteiger partial charge in [-0.3, -0.25) is 4.79 Å². The normalized spacial score (nSPS) is 14.9. The summed E-state index contributed by atoms with van der Waals surface area (Å²) in [5.41, 5.74) is 1.06. The Morgan fingerprint density at radius 2 is 2.00 bits per heavy atom. The molecule has 0 N–H and O–H groups in total. The molecule has 0 bridgehead atoms. The van der Waals surface area contributed by atoms with Crippen molar-refractivity contribution in [3.63, 3.8) is 0 Å². The molecule has 19 heavy (non-hydrogen) atoms. The highest BCUT2D eigenvalue weighted by atomic mass is 16.5. The Morgan fingerprint density at radius 1 is 1.32 bits per heavy atom. The van der Waals surface area contributed by atoms with Gasteiger partial charge >= 0.3 is 5.91 Å². The van der Waals surface area contributed by atoms with E-state index in [1.165, 1.54) is 0 Å². The predicted molar refractivity (Wildman–Crippen MR) is 73.3 cm³/mol. The molecule has 1 heterocycles. The van der Waals surface area contributed by atoms with Crippen molar-refractivity contribution in [3.05, 3.63) is 35.7 Å². The van der Waals surface area contributed by atoms with Crippen molar-refractivity contribution in [3.8, 4) is 5.75 Å². The summed E-state index contributed by atoms with van der Waals surface area (Å²) in [6.45, 7) is 9.54. The molecule has 0 atom stereocenters. The van der Waals surface area contributed by atoms with Gasteiger partial charge in [-0.05, 0) is 12.1 Å². The van der Waals surface area contributed by atoms with Crippen LogP contribution in [0, 0.1) is 6.57 Å². The second-order valence-corrected chi connectivity index (χ2v) is 4.36. The van der Waals surface area contributed by atoms with Gasteiger partial charge in [0.15, 0.2) is 0 Å². The second kappa shape index (κ2) is 6.10. The molecule has 5 nitrogen and oxygen atoms in total. The number of rotatable bonds is 3. The van der Waals surface area contributed by atoms with Crippen molar-refractivity contribution >= 4 is 11.6 Å². The third-order valence-electron chi connectivity index (χ3n) is 3.27. The van der Waals surface area contributed by atoms with Crippen LogP contribution < -0.4 is 9.64 Å². The van der Waals surface area contributed by atoms with Crippen molar-refractivity contribution < 1.29 is 9.53 Å². The standard InChI is InChI=1S/C14H17N3O2/c1-15-11-14(18)17-9-7-16(8-10-17)12-5-3-4-6-13(12)19-2/h3-6H,7-11H2,2H3. The number of anilines is 1. The first-order valence-electron chi connectivity index (χ1n) is 6.25. The Morgan fingerprint density at radius 3 is 2.63 bits per heavy atom. The van der Waals surface area contributed by atoms with Gasteiger partial charge in [0.25, 0.3) is 6.54 Å². The fourth-order valence-corrected chi connectivity index (χ4v) is 2.26. The largest absolute Gasteiger partial charge is 0.495 e. The third-order valence-corrected chi connectivity index (χ3v) is 3.27. The Bertz CT molecular complexity index is 488. The predicted octanol–water partition coefficient (Wildman–Crippen LogP) is 1.26. The number of methoxy groups -OCH3 is 1. The van der Waals surface area contributed by atoms with Gasteiger partial charge < -0.3 is 19.4 Å². The lowest BCUT2D eigenvalue weighted by molar-refractivity contribution is -0.129. The average Bonchev–Trinajstić information content (AvgIpc) is 2.47. The molecule has 0 radical (unpaired) electrons. The average molecular weight is 259 g/mol. The number of para-hydroxylation sites is 2. The maximum Gasteiger partial charge on any atom is 0.302 e. The summed E-state index contributed by atoms with van der Waals surface area (Å²) in [5, 5.41) is 0. The Balaban J connectivity index is 2.00. The van der Waals surface area contributed by atoms with E-state index < -0.39 is 0 Å².